The van der Waals surface area contributed by atoms with Crippen LogP contribution in [-0.2, 0) is 12.1 Å². The Bertz CT molecular complexity index is 1050. The Morgan fingerprint density at radius 2 is 1.81 bits per heavy atom. The fourth-order valence-corrected chi connectivity index (χ4v) is 5.28. The third-order valence-electron chi connectivity index (χ3n) is 6.38. The number of piperidine rings is 1. The predicted octanol–water partition coefficient (Wildman–Crippen LogP) is 4.64. The molecule has 0 aliphatic carbocycles. The van der Waals surface area contributed by atoms with Crippen LogP contribution in [0, 0.1) is 0 Å². The molecule has 172 valence electrons. The Balaban J connectivity index is 1.53. The van der Waals surface area contributed by atoms with E-state index in [-0.39, 0.29) is 28.9 Å². The minimum Gasteiger partial charge on any atom is -0.489 e. The van der Waals surface area contributed by atoms with Crippen LogP contribution in [0.2, 0.25) is 5.02 Å². The first-order valence-corrected chi connectivity index (χ1v) is 11.6. The van der Waals surface area contributed by atoms with Crippen molar-refractivity contribution in [2.24, 2.45) is 0 Å². The summed E-state index contributed by atoms with van der Waals surface area (Å²) in [7, 11) is 0. The monoisotopic (exact) mass is 457 g/mol. The molecule has 0 atom stereocenters. The van der Waals surface area contributed by atoms with Crippen LogP contribution >= 0.6 is 11.6 Å². The number of nitrogens with zero attached hydrogens (tertiary/aromatic N) is 2. The van der Waals surface area contributed by atoms with E-state index in [0.717, 1.165) is 30.6 Å². The molecule has 1 aromatic carbocycles. The van der Waals surface area contributed by atoms with Gasteiger partial charge in [0, 0.05) is 48.2 Å². The summed E-state index contributed by atoms with van der Waals surface area (Å²) in [5, 5.41) is 4.29. The highest BCUT2D eigenvalue weighted by atomic mass is 35.5. The maximum Gasteiger partial charge on any atom is 0.253 e. The van der Waals surface area contributed by atoms with Gasteiger partial charge in [0.1, 0.15) is 5.75 Å². The van der Waals surface area contributed by atoms with E-state index in [1.54, 1.807) is 25.1 Å². The number of fused-ring (bicyclic) bond motifs is 2. The summed E-state index contributed by atoms with van der Waals surface area (Å²) < 4.78 is 7.90. The van der Waals surface area contributed by atoms with Crippen molar-refractivity contribution in [1.29, 1.82) is 0 Å². The van der Waals surface area contributed by atoms with Crippen LogP contribution in [0.3, 0.4) is 0 Å². The summed E-state index contributed by atoms with van der Waals surface area (Å²) in [4.78, 5) is 27.1. The molecule has 0 radical (unpaired) electrons. The molecular formula is C25H32ClN3O3. The van der Waals surface area contributed by atoms with E-state index >= 15 is 0 Å². The van der Waals surface area contributed by atoms with Gasteiger partial charge in [-0.1, -0.05) is 11.6 Å². The number of likely N-dealkylation sites (tertiary alicyclic amines) is 1. The first-order chi connectivity index (χ1) is 15.0. The summed E-state index contributed by atoms with van der Waals surface area (Å²) >= 11 is 6.35. The molecule has 0 saturated carbocycles. The summed E-state index contributed by atoms with van der Waals surface area (Å²) in [5.74, 6) is 0.647. The maximum absolute atomic E-state index is 13.2. The molecule has 3 heterocycles. The number of ether oxygens (including phenoxy) is 1. The Hall–Kier alpha value is -2.31. The second kappa shape index (κ2) is 8.23. The number of halogens is 1. The van der Waals surface area contributed by atoms with Gasteiger partial charge >= 0.3 is 0 Å². The van der Waals surface area contributed by atoms with Crippen LogP contribution < -0.4 is 10.1 Å². The van der Waals surface area contributed by atoms with Crippen molar-refractivity contribution >= 4 is 23.3 Å². The Labute approximate surface area is 194 Å². The Kier molecular flexibility index (Phi) is 5.88. The first kappa shape index (κ1) is 22.9. The van der Waals surface area contributed by atoms with Crippen LogP contribution in [0.5, 0.6) is 5.75 Å². The van der Waals surface area contributed by atoms with Crippen LogP contribution in [0.25, 0.3) is 0 Å². The molecule has 1 fully saturated rings. The lowest BCUT2D eigenvalue weighted by Crippen LogP contribution is -2.63. The summed E-state index contributed by atoms with van der Waals surface area (Å²) in [6, 6.07) is 7.26. The number of rotatable bonds is 4. The van der Waals surface area contributed by atoms with Gasteiger partial charge in [-0.05, 0) is 71.7 Å². The van der Waals surface area contributed by atoms with Gasteiger partial charge in [0.2, 0.25) is 0 Å². The van der Waals surface area contributed by atoms with Crippen LogP contribution in [0.1, 0.15) is 73.9 Å². The molecule has 0 bridgehead atoms. The summed E-state index contributed by atoms with van der Waals surface area (Å²) in [6.07, 6.45) is 3.56. The zero-order valence-corrected chi connectivity index (χ0v) is 20.3. The number of Topliss-reactive ketones (excluding diaryl/α,β-unsaturated/α-hetero) is 1. The number of hydrogen-bond donors (Lipinski definition) is 1. The van der Waals surface area contributed by atoms with E-state index in [0.29, 0.717) is 29.4 Å². The lowest BCUT2D eigenvalue weighted by molar-refractivity contribution is 0.0521. The average molecular weight is 458 g/mol. The fraction of sp³-hybridized carbons (Fsp3) is 0.520. The number of carbonyl (C=O) groups excluding carboxylic acids is 2. The largest absolute Gasteiger partial charge is 0.489 e. The van der Waals surface area contributed by atoms with Crippen molar-refractivity contribution in [2.45, 2.75) is 71.2 Å². The van der Waals surface area contributed by atoms with Gasteiger partial charge < -0.3 is 14.2 Å². The fourth-order valence-electron chi connectivity index (χ4n) is 5.06. The molecule has 1 saturated heterocycles. The zero-order valence-electron chi connectivity index (χ0n) is 19.5. The molecule has 0 unspecified atom stereocenters. The molecule has 1 spiro atoms. The molecule has 1 N–H and O–H groups in total. The molecule has 2 aliphatic heterocycles. The number of carbonyl (C=O) groups is 2. The van der Waals surface area contributed by atoms with Gasteiger partial charge in [-0.25, -0.2) is 0 Å². The molecular weight excluding hydrogens is 426 g/mol. The minimum absolute atomic E-state index is 0.0158. The summed E-state index contributed by atoms with van der Waals surface area (Å²) in [6.45, 7) is 11.9. The minimum atomic E-state index is -0.251. The van der Waals surface area contributed by atoms with Gasteiger partial charge in [0.25, 0.3) is 5.91 Å². The molecule has 2 aliphatic rings. The topological polar surface area (TPSA) is 63.6 Å². The lowest BCUT2D eigenvalue weighted by atomic mass is 9.79. The highest BCUT2D eigenvalue weighted by Gasteiger charge is 2.46. The molecule has 7 heteroatoms. The van der Waals surface area contributed by atoms with Gasteiger partial charge in [-0.3, -0.25) is 14.9 Å². The van der Waals surface area contributed by atoms with Crippen LogP contribution in [0.15, 0.2) is 30.5 Å². The van der Waals surface area contributed by atoms with Crippen molar-refractivity contribution in [2.75, 3.05) is 13.1 Å². The standard InChI is InChI=1S/C25H32ClN3O3/c1-16(2)32-21-7-6-18(12-20(21)26)23(31)28-10-8-25(9-11-28)22-13-19(17(3)30)14-29(22)15-24(4,5)27-25/h6-7,12-14,16,27H,8-11,15H2,1-5H3. The maximum atomic E-state index is 13.2. The average Bonchev–Trinajstić information content (AvgIpc) is 3.13. The first-order valence-electron chi connectivity index (χ1n) is 11.3. The number of amides is 1. The highest BCUT2D eigenvalue weighted by Crippen LogP contribution is 2.40. The lowest BCUT2D eigenvalue weighted by Gasteiger charge is -2.51. The van der Waals surface area contributed by atoms with Crippen molar-refractivity contribution in [1.82, 2.24) is 14.8 Å². The van der Waals surface area contributed by atoms with E-state index in [4.69, 9.17) is 16.3 Å². The van der Waals surface area contributed by atoms with Crippen molar-refractivity contribution in [3.8, 4) is 5.75 Å². The van der Waals surface area contributed by atoms with Gasteiger partial charge in [-0.2, -0.15) is 0 Å². The zero-order chi connectivity index (χ0) is 23.3. The number of benzene rings is 1. The molecule has 1 amide bonds. The van der Waals surface area contributed by atoms with Gasteiger partial charge in [0.15, 0.2) is 5.78 Å². The second-order valence-corrected chi connectivity index (χ2v) is 10.4. The van der Waals surface area contributed by atoms with Crippen molar-refractivity contribution in [3.05, 3.63) is 52.3 Å². The van der Waals surface area contributed by atoms with E-state index in [2.05, 4.69) is 23.7 Å². The SMILES string of the molecule is CC(=O)c1cc2n(c1)CC(C)(C)NC21CCN(C(=O)c2ccc(OC(C)C)c(Cl)c2)CC1. The third-order valence-corrected chi connectivity index (χ3v) is 6.68. The third kappa shape index (κ3) is 4.30. The van der Waals surface area contributed by atoms with Crippen molar-refractivity contribution < 1.29 is 14.3 Å². The number of hydrogen-bond acceptors (Lipinski definition) is 4. The Morgan fingerprint density at radius 3 is 2.41 bits per heavy atom. The number of aromatic nitrogens is 1. The quantitative estimate of drug-likeness (QED) is 0.679. The molecule has 6 nitrogen and oxygen atoms in total. The van der Waals surface area contributed by atoms with Crippen molar-refractivity contribution in [3.63, 3.8) is 0 Å². The number of ketones is 1. The van der Waals surface area contributed by atoms with E-state index in [1.165, 1.54) is 0 Å². The molecule has 2 aromatic rings. The van der Waals surface area contributed by atoms with E-state index in [9.17, 15) is 9.59 Å². The van der Waals surface area contributed by atoms with E-state index < -0.39 is 0 Å². The normalized spacial score (nSPS) is 19.2. The smallest absolute Gasteiger partial charge is 0.253 e. The van der Waals surface area contributed by atoms with Crippen LogP contribution in [0.4, 0.5) is 0 Å². The molecule has 1 aromatic heterocycles. The predicted molar refractivity (Wildman–Crippen MR) is 126 cm³/mol. The highest BCUT2D eigenvalue weighted by molar-refractivity contribution is 6.32. The van der Waals surface area contributed by atoms with Gasteiger partial charge in [-0.15, -0.1) is 0 Å². The van der Waals surface area contributed by atoms with Crippen LogP contribution in [-0.4, -0.2) is 45.9 Å². The molecule has 32 heavy (non-hydrogen) atoms. The molecule has 4 rings (SSSR count). The summed E-state index contributed by atoms with van der Waals surface area (Å²) in [5.41, 5.74) is 2.11. The second-order valence-electron chi connectivity index (χ2n) is 9.99. The van der Waals surface area contributed by atoms with Gasteiger partial charge in [0.05, 0.1) is 16.7 Å². The van der Waals surface area contributed by atoms with E-state index in [1.807, 2.05) is 31.0 Å². The number of nitrogens with one attached hydrogen (secondary N) is 1. The Morgan fingerprint density at radius 1 is 1.12 bits per heavy atom.